The predicted molar refractivity (Wildman–Crippen MR) is 83.4 cm³/mol. The normalized spacial score (nSPS) is 11.4. The van der Waals surface area contributed by atoms with Crippen LogP contribution in [0.1, 0.15) is 17.0 Å². The number of hydrogen-bond donors (Lipinski definition) is 1. The van der Waals surface area contributed by atoms with E-state index in [0.29, 0.717) is 21.0 Å². The van der Waals surface area contributed by atoms with E-state index in [9.17, 15) is 28.1 Å². The van der Waals surface area contributed by atoms with Gasteiger partial charge in [-0.05, 0) is 31.5 Å². The lowest BCUT2D eigenvalue weighted by Crippen LogP contribution is -2.21. The van der Waals surface area contributed by atoms with Crippen molar-refractivity contribution in [2.24, 2.45) is 0 Å². The number of nitrogens with one attached hydrogen (secondary N) is 1. The number of hydrogen-bond acceptors (Lipinski definition) is 4. The monoisotopic (exact) mass is 376 g/mol. The van der Waals surface area contributed by atoms with Crippen LogP contribution in [0.3, 0.4) is 0 Å². The summed E-state index contributed by atoms with van der Waals surface area (Å²) in [6.07, 6.45) is -5.00. The molecule has 1 aromatic carbocycles. The number of rotatable bonds is 4. The minimum atomic E-state index is -5.00. The van der Waals surface area contributed by atoms with Gasteiger partial charge in [-0.15, -0.1) is 0 Å². The molecule has 134 valence electrons. The maximum absolute atomic E-state index is 12.9. The molecule has 0 spiro atoms. The van der Waals surface area contributed by atoms with Crippen molar-refractivity contribution < 1.29 is 22.9 Å². The molecule has 0 aliphatic heterocycles. The Bertz CT molecular complexity index is 849. The Hall–Kier alpha value is -2.62. The summed E-state index contributed by atoms with van der Waals surface area (Å²) in [7, 11) is 0. The number of nitrogens with zero attached hydrogens (tertiary/aromatic N) is 3. The molecule has 0 atom stereocenters. The largest absolute Gasteiger partial charge is 0.442 e. The minimum absolute atomic E-state index is 0.365. The molecule has 0 aliphatic carbocycles. The van der Waals surface area contributed by atoms with Crippen molar-refractivity contribution in [1.82, 2.24) is 9.78 Å². The SMILES string of the molecule is Cc1c(Cl)cccc1NC(=O)Cn1nc(C(F)(F)F)c([N+](=O)[O-])c1C. The van der Waals surface area contributed by atoms with E-state index in [1.54, 1.807) is 25.1 Å². The van der Waals surface area contributed by atoms with E-state index < -0.39 is 34.9 Å². The van der Waals surface area contributed by atoms with Crippen LogP contribution in [0.25, 0.3) is 0 Å². The van der Waals surface area contributed by atoms with Crippen LogP contribution < -0.4 is 5.32 Å². The molecule has 0 bridgehead atoms. The summed E-state index contributed by atoms with van der Waals surface area (Å²) in [6.45, 7) is 2.14. The third kappa shape index (κ3) is 3.90. The lowest BCUT2D eigenvalue weighted by atomic mass is 10.2. The first-order valence-electron chi connectivity index (χ1n) is 6.86. The van der Waals surface area contributed by atoms with Gasteiger partial charge in [0.2, 0.25) is 11.6 Å². The second kappa shape index (κ2) is 6.71. The van der Waals surface area contributed by atoms with Gasteiger partial charge in [-0.1, -0.05) is 17.7 Å². The summed E-state index contributed by atoms with van der Waals surface area (Å²) in [5, 5.41) is 17.0. The van der Waals surface area contributed by atoms with Crippen LogP contribution in [0.5, 0.6) is 0 Å². The van der Waals surface area contributed by atoms with Crippen molar-refractivity contribution in [2.75, 3.05) is 5.32 Å². The van der Waals surface area contributed by atoms with Crippen LogP contribution in [-0.4, -0.2) is 20.6 Å². The quantitative estimate of drug-likeness (QED) is 0.650. The van der Waals surface area contributed by atoms with Crippen LogP contribution in [0.4, 0.5) is 24.5 Å². The zero-order chi connectivity index (χ0) is 18.9. The van der Waals surface area contributed by atoms with E-state index >= 15 is 0 Å². The molecule has 1 N–H and O–H groups in total. The molecule has 0 saturated heterocycles. The summed E-state index contributed by atoms with van der Waals surface area (Å²) in [5.41, 5.74) is -2.21. The van der Waals surface area contributed by atoms with Gasteiger partial charge in [-0.25, -0.2) is 0 Å². The van der Waals surface area contributed by atoms with Crippen LogP contribution in [-0.2, 0) is 17.5 Å². The summed E-state index contributed by atoms with van der Waals surface area (Å²) in [5.74, 6) is -0.695. The summed E-state index contributed by atoms with van der Waals surface area (Å²) in [6, 6.07) is 4.78. The van der Waals surface area contributed by atoms with Gasteiger partial charge < -0.3 is 5.32 Å². The van der Waals surface area contributed by atoms with Gasteiger partial charge in [0.15, 0.2) is 0 Å². The standard InChI is InChI=1S/C14H12ClF3N4O3/c1-7-9(15)4-3-5-10(7)19-11(23)6-21-8(2)12(22(24)25)13(20-21)14(16,17)18/h3-5H,6H2,1-2H3,(H,19,23). The Morgan fingerprint density at radius 1 is 1.40 bits per heavy atom. The molecule has 0 fully saturated rings. The van der Waals surface area contributed by atoms with Gasteiger partial charge in [0, 0.05) is 10.7 Å². The number of benzene rings is 1. The van der Waals surface area contributed by atoms with Gasteiger partial charge in [0.05, 0.1) is 4.92 Å². The Kier molecular flexibility index (Phi) is 5.02. The van der Waals surface area contributed by atoms with Gasteiger partial charge in [0.1, 0.15) is 12.2 Å². The van der Waals surface area contributed by atoms with E-state index in [4.69, 9.17) is 11.6 Å². The van der Waals surface area contributed by atoms with Crippen LogP contribution in [0.15, 0.2) is 18.2 Å². The number of carbonyl (C=O) groups is 1. The highest BCUT2D eigenvalue weighted by Gasteiger charge is 2.44. The van der Waals surface area contributed by atoms with Crippen LogP contribution in [0.2, 0.25) is 5.02 Å². The van der Waals surface area contributed by atoms with E-state index in [1.165, 1.54) is 0 Å². The molecule has 2 aromatic rings. The molecule has 1 amide bonds. The number of amides is 1. The summed E-state index contributed by atoms with van der Waals surface area (Å²) >= 11 is 5.92. The first-order valence-corrected chi connectivity index (χ1v) is 7.24. The van der Waals surface area contributed by atoms with E-state index in [2.05, 4.69) is 10.4 Å². The molecule has 0 aliphatic rings. The van der Waals surface area contributed by atoms with E-state index in [-0.39, 0.29) is 5.69 Å². The first-order chi connectivity index (χ1) is 11.5. The van der Waals surface area contributed by atoms with Gasteiger partial charge >= 0.3 is 11.9 Å². The van der Waals surface area contributed by atoms with E-state index in [1.807, 2.05) is 0 Å². The smallest absolute Gasteiger partial charge is 0.324 e. The lowest BCUT2D eigenvalue weighted by molar-refractivity contribution is -0.388. The molecule has 0 saturated carbocycles. The maximum Gasteiger partial charge on any atom is 0.442 e. The highest BCUT2D eigenvalue weighted by Crippen LogP contribution is 2.36. The van der Waals surface area contributed by atoms with Gasteiger partial charge in [-0.3, -0.25) is 19.6 Å². The van der Waals surface area contributed by atoms with Crippen LogP contribution >= 0.6 is 11.6 Å². The molecule has 7 nitrogen and oxygen atoms in total. The number of anilines is 1. The van der Waals surface area contributed by atoms with Gasteiger partial charge in [0.25, 0.3) is 0 Å². The molecule has 2 rings (SSSR count). The average Bonchev–Trinajstić information content (AvgIpc) is 2.81. The number of halogens is 4. The molecule has 0 unspecified atom stereocenters. The fourth-order valence-corrected chi connectivity index (χ4v) is 2.34. The third-order valence-electron chi connectivity index (χ3n) is 3.46. The summed E-state index contributed by atoms with van der Waals surface area (Å²) in [4.78, 5) is 21.8. The fraction of sp³-hybridized carbons (Fsp3) is 0.286. The van der Waals surface area contributed by atoms with Crippen molar-refractivity contribution in [3.05, 3.63) is 50.3 Å². The number of alkyl halides is 3. The van der Waals surface area contributed by atoms with Gasteiger partial charge in [-0.2, -0.15) is 18.3 Å². The topological polar surface area (TPSA) is 90.1 Å². The zero-order valence-corrected chi connectivity index (χ0v) is 13.8. The van der Waals surface area contributed by atoms with Crippen molar-refractivity contribution in [1.29, 1.82) is 0 Å². The second-order valence-corrected chi connectivity index (χ2v) is 5.56. The second-order valence-electron chi connectivity index (χ2n) is 5.16. The van der Waals surface area contributed by atoms with Crippen LogP contribution in [0, 0.1) is 24.0 Å². The third-order valence-corrected chi connectivity index (χ3v) is 3.87. The Morgan fingerprint density at radius 2 is 2.04 bits per heavy atom. The molecule has 1 heterocycles. The van der Waals surface area contributed by atoms with Crippen molar-refractivity contribution >= 4 is 28.9 Å². The lowest BCUT2D eigenvalue weighted by Gasteiger charge is -2.10. The Balaban J connectivity index is 2.30. The minimum Gasteiger partial charge on any atom is -0.324 e. The van der Waals surface area contributed by atoms with Crippen molar-refractivity contribution in [3.63, 3.8) is 0 Å². The zero-order valence-electron chi connectivity index (χ0n) is 13.0. The van der Waals surface area contributed by atoms with E-state index in [0.717, 1.165) is 6.92 Å². The van der Waals surface area contributed by atoms with Crippen molar-refractivity contribution in [3.8, 4) is 0 Å². The number of aromatic nitrogens is 2. The molecular weight excluding hydrogens is 365 g/mol. The predicted octanol–water partition coefficient (Wildman–Crippen LogP) is 3.72. The molecule has 0 radical (unpaired) electrons. The fourth-order valence-electron chi connectivity index (χ4n) is 2.17. The molecule has 25 heavy (non-hydrogen) atoms. The number of nitro groups is 1. The highest BCUT2D eigenvalue weighted by molar-refractivity contribution is 6.31. The summed E-state index contributed by atoms with van der Waals surface area (Å²) < 4.78 is 39.3. The molecule has 1 aromatic heterocycles. The average molecular weight is 377 g/mol. The molecule has 11 heteroatoms. The Morgan fingerprint density at radius 3 is 2.56 bits per heavy atom. The Labute approximate surface area is 144 Å². The number of carbonyl (C=O) groups excluding carboxylic acids is 1. The van der Waals surface area contributed by atoms with Crippen molar-refractivity contribution in [2.45, 2.75) is 26.6 Å². The maximum atomic E-state index is 12.9. The highest BCUT2D eigenvalue weighted by atomic mass is 35.5. The first kappa shape index (κ1) is 18.7. The molecular formula is C14H12ClF3N4O3.